The van der Waals surface area contributed by atoms with E-state index in [4.69, 9.17) is 24.0 Å². The lowest BCUT2D eigenvalue weighted by molar-refractivity contribution is 0.244. The molecule has 0 bridgehead atoms. The summed E-state index contributed by atoms with van der Waals surface area (Å²) in [5.74, 6) is 0. The normalized spacial score (nSPS) is 10.9. The van der Waals surface area contributed by atoms with Crippen LogP contribution in [0.25, 0.3) is 6.08 Å². The van der Waals surface area contributed by atoms with Crippen molar-refractivity contribution in [1.29, 1.82) is 0 Å². The van der Waals surface area contributed by atoms with Gasteiger partial charge in [-0.05, 0) is 18.1 Å². The molecule has 0 aromatic heterocycles. The number of unbranched alkanes of at least 4 members (excludes halogenated alkanes) is 2. The predicted molar refractivity (Wildman–Crippen MR) is 75.2 cm³/mol. The van der Waals surface area contributed by atoms with Crippen molar-refractivity contribution in [3.05, 3.63) is 42.2 Å². The zero-order valence-electron chi connectivity index (χ0n) is 11.0. The molecule has 0 aliphatic carbocycles. The average Bonchev–Trinajstić information content (AvgIpc) is 2.33. The lowest BCUT2D eigenvalue weighted by Gasteiger charge is -1.98. The molecule has 1 aromatic carbocycles. The van der Waals surface area contributed by atoms with E-state index in [0.29, 0.717) is 0 Å². The van der Waals surface area contributed by atoms with Crippen LogP contribution in [-0.2, 0) is 9.30 Å². The maximum absolute atomic E-state index is 8.88. The molecule has 0 saturated heterocycles. The summed E-state index contributed by atoms with van der Waals surface area (Å²) >= 11 is 0. The second kappa shape index (κ2) is 10.8. The van der Waals surface area contributed by atoms with Crippen LogP contribution in [0.5, 0.6) is 0 Å². The SMILES string of the molecule is CCCCCOC=Cc1ccccc1.O=P(O)(O)O. The van der Waals surface area contributed by atoms with Crippen LogP contribution in [0.1, 0.15) is 31.7 Å². The van der Waals surface area contributed by atoms with Gasteiger partial charge in [0.1, 0.15) is 0 Å². The fraction of sp³-hybridized carbons (Fsp3) is 0.385. The Morgan fingerprint density at radius 3 is 2.26 bits per heavy atom. The molecule has 0 saturated carbocycles. The Kier molecular flexibility index (Phi) is 10.1. The molecule has 6 heteroatoms. The number of ether oxygens (including phenoxy) is 1. The van der Waals surface area contributed by atoms with E-state index in [0.717, 1.165) is 13.0 Å². The molecule has 0 atom stereocenters. The van der Waals surface area contributed by atoms with Crippen molar-refractivity contribution in [2.45, 2.75) is 26.2 Å². The molecular weight excluding hydrogens is 267 g/mol. The van der Waals surface area contributed by atoms with Crippen LogP contribution < -0.4 is 0 Å². The second-order valence-electron chi connectivity index (χ2n) is 3.80. The van der Waals surface area contributed by atoms with Gasteiger partial charge in [-0.15, -0.1) is 0 Å². The van der Waals surface area contributed by atoms with E-state index in [1.165, 1.54) is 18.4 Å². The van der Waals surface area contributed by atoms with Gasteiger partial charge < -0.3 is 19.4 Å². The van der Waals surface area contributed by atoms with Crippen molar-refractivity contribution in [3.63, 3.8) is 0 Å². The molecule has 0 fully saturated rings. The Morgan fingerprint density at radius 1 is 1.16 bits per heavy atom. The fourth-order valence-corrected chi connectivity index (χ4v) is 1.19. The summed E-state index contributed by atoms with van der Waals surface area (Å²) in [5.41, 5.74) is 1.18. The molecule has 1 aromatic rings. The smallest absolute Gasteiger partial charge is 0.466 e. The predicted octanol–water partition coefficient (Wildman–Crippen LogP) is 2.94. The Hall–Kier alpha value is -1.13. The van der Waals surface area contributed by atoms with E-state index in [1.807, 2.05) is 24.3 Å². The van der Waals surface area contributed by atoms with Crippen LogP contribution in [0, 0.1) is 0 Å². The number of phosphoric acid groups is 1. The number of hydrogen-bond acceptors (Lipinski definition) is 2. The van der Waals surface area contributed by atoms with E-state index in [9.17, 15) is 0 Å². The zero-order valence-corrected chi connectivity index (χ0v) is 11.9. The van der Waals surface area contributed by atoms with Gasteiger partial charge in [0, 0.05) is 0 Å². The standard InChI is InChI=1S/C13H18O.H3O4P/c1-2-3-7-11-14-12-10-13-8-5-4-6-9-13;1-5(2,3)4/h4-6,8-10,12H,2-3,7,11H2,1H3;(H3,1,2,3,4). The van der Waals surface area contributed by atoms with Gasteiger partial charge in [0.15, 0.2) is 0 Å². The Labute approximate surface area is 113 Å². The molecule has 0 spiro atoms. The third-order valence-corrected chi connectivity index (χ3v) is 2.02. The van der Waals surface area contributed by atoms with Crippen molar-refractivity contribution in [2.75, 3.05) is 6.61 Å². The Morgan fingerprint density at radius 2 is 1.74 bits per heavy atom. The van der Waals surface area contributed by atoms with Crippen LogP contribution in [-0.4, -0.2) is 21.3 Å². The van der Waals surface area contributed by atoms with Crippen molar-refractivity contribution in [1.82, 2.24) is 0 Å². The Bertz CT molecular complexity index is 377. The summed E-state index contributed by atoms with van der Waals surface area (Å²) in [4.78, 5) is 21.6. The van der Waals surface area contributed by atoms with Crippen molar-refractivity contribution < 1.29 is 24.0 Å². The summed E-state index contributed by atoms with van der Waals surface area (Å²) in [5, 5.41) is 0. The first kappa shape index (κ1) is 17.9. The van der Waals surface area contributed by atoms with Gasteiger partial charge in [-0.2, -0.15) is 0 Å². The molecule has 0 aliphatic heterocycles. The summed E-state index contributed by atoms with van der Waals surface area (Å²) < 4.78 is 14.2. The van der Waals surface area contributed by atoms with E-state index in [2.05, 4.69) is 19.1 Å². The third-order valence-electron chi connectivity index (χ3n) is 2.02. The highest BCUT2D eigenvalue weighted by Crippen LogP contribution is 2.25. The zero-order chi connectivity index (χ0) is 14.6. The molecule has 5 nitrogen and oxygen atoms in total. The van der Waals surface area contributed by atoms with Gasteiger partial charge in [-0.25, -0.2) is 4.57 Å². The van der Waals surface area contributed by atoms with Crippen molar-refractivity contribution >= 4 is 13.9 Å². The highest BCUT2D eigenvalue weighted by molar-refractivity contribution is 7.45. The highest BCUT2D eigenvalue weighted by Gasteiger charge is 2.00. The van der Waals surface area contributed by atoms with Gasteiger partial charge in [0.25, 0.3) is 0 Å². The molecule has 1 rings (SSSR count). The third kappa shape index (κ3) is 16.9. The van der Waals surface area contributed by atoms with Gasteiger partial charge in [0.2, 0.25) is 0 Å². The minimum absolute atomic E-state index is 0.831. The lowest BCUT2D eigenvalue weighted by atomic mass is 10.2. The fourth-order valence-electron chi connectivity index (χ4n) is 1.19. The largest absolute Gasteiger partial charge is 0.501 e. The maximum atomic E-state index is 8.88. The summed E-state index contributed by atoms with van der Waals surface area (Å²) in [6.45, 7) is 3.02. The monoisotopic (exact) mass is 288 g/mol. The molecule has 19 heavy (non-hydrogen) atoms. The van der Waals surface area contributed by atoms with Crippen LogP contribution in [0.2, 0.25) is 0 Å². The van der Waals surface area contributed by atoms with Crippen molar-refractivity contribution in [2.24, 2.45) is 0 Å². The Balaban J connectivity index is 0.000000555. The van der Waals surface area contributed by atoms with Crippen LogP contribution in [0.15, 0.2) is 36.6 Å². The van der Waals surface area contributed by atoms with Crippen LogP contribution >= 0.6 is 7.82 Å². The average molecular weight is 288 g/mol. The summed E-state index contributed by atoms with van der Waals surface area (Å²) in [6, 6.07) is 10.2. The number of rotatable bonds is 6. The molecule has 0 amide bonds. The first-order valence-corrected chi connectivity index (χ1v) is 7.61. The highest BCUT2D eigenvalue weighted by atomic mass is 31.2. The maximum Gasteiger partial charge on any atom is 0.466 e. The minimum Gasteiger partial charge on any atom is -0.501 e. The second-order valence-corrected chi connectivity index (χ2v) is 4.83. The number of benzene rings is 1. The number of hydrogen-bond donors (Lipinski definition) is 3. The van der Waals surface area contributed by atoms with Crippen LogP contribution in [0.3, 0.4) is 0 Å². The first-order chi connectivity index (χ1) is 8.93. The van der Waals surface area contributed by atoms with E-state index in [1.54, 1.807) is 6.26 Å². The molecule has 0 aliphatic rings. The molecule has 3 N–H and O–H groups in total. The van der Waals surface area contributed by atoms with Crippen molar-refractivity contribution in [3.8, 4) is 0 Å². The lowest BCUT2D eigenvalue weighted by Crippen LogP contribution is -1.86. The summed E-state index contributed by atoms with van der Waals surface area (Å²) in [7, 11) is -4.64. The molecule has 0 heterocycles. The van der Waals surface area contributed by atoms with Gasteiger partial charge in [0.05, 0.1) is 12.9 Å². The quantitative estimate of drug-likeness (QED) is 0.425. The van der Waals surface area contributed by atoms with E-state index < -0.39 is 7.82 Å². The molecule has 0 radical (unpaired) electrons. The van der Waals surface area contributed by atoms with Gasteiger partial charge >= 0.3 is 7.82 Å². The van der Waals surface area contributed by atoms with E-state index in [-0.39, 0.29) is 0 Å². The van der Waals surface area contributed by atoms with E-state index >= 15 is 0 Å². The molecule has 108 valence electrons. The molecular formula is C13H21O5P. The topological polar surface area (TPSA) is 87.0 Å². The van der Waals surface area contributed by atoms with Gasteiger partial charge in [-0.3, -0.25) is 0 Å². The van der Waals surface area contributed by atoms with Crippen LogP contribution in [0.4, 0.5) is 0 Å². The minimum atomic E-state index is -4.64. The summed E-state index contributed by atoms with van der Waals surface area (Å²) in [6.07, 6.45) is 7.41. The first-order valence-electron chi connectivity index (χ1n) is 6.05. The molecule has 0 unspecified atom stereocenters. The van der Waals surface area contributed by atoms with Gasteiger partial charge in [-0.1, -0.05) is 50.1 Å².